The number of hydrogen-bond donors (Lipinski definition) is 2. The summed E-state index contributed by atoms with van der Waals surface area (Å²) >= 11 is 6.05. The molecule has 2 nitrogen and oxygen atoms in total. The van der Waals surface area contributed by atoms with Crippen molar-refractivity contribution in [2.24, 2.45) is 0 Å². The molecule has 1 aromatic carbocycles. The summed E-state index contributed by atoms with van der Waals surface area (Å²) in [6, 6.07) is 6.66. The van der Waals surface area contributed by atoms with Crippen LogP contribution in [0.1, 0.15) is 18.1 Å². The van der Waals surface area contributed by atoms with E-state index in [1.165, 1.54) is 5.56 Å². The van der Waals surface area contributed by atoms with Crippen molar-refractivity contribution in [3.63, 3.8) is 0 Å². The van der Waals surface area contributed by atoms with Crippen LogP contribution in [0.3, 0.4) is 0 Å². The molecule has 84 valence electrons. The summed E-state index contributed by atoms with van der Waals surface area (Å²) in [5.74, 6) is 0. The minimum absolute atomic E-state index is 0.468. The van der Waals surface area contributed by atoms with Crippen LogP contribution in [0.5, 0.6) is 0 Å². The molecule has 1 unspecified atom stereocenters. The van der Waals surface area contributed by atoms with Gasteiger partial charge < -0.3 is 10.6 Å². The van der Waals surface area contributed by atoms with Crippen molar-refractivity contribution >= 4 is 11.6 Å². The van der Waals surface area contributed by atoms with Gasteiger partial charge in [0.1, 0.15) is 0 Å². The number of rotatable bonds is 5. The van der Waals surface area contributed by atoms with Gasteiger partial charge in [-0.15, -0.1) is 0 Å². The van der Waals surface area contributed by atoms with Gasteiger partial charge in [0.15, 0.2) is 0 Å². The highest BCUT2D eigenvalue weighted by Gasteiger charge is 2.01. The van der Waals surface area contributed by atoms with Crippen molar-refractivity contribution in [3.05, 3.63) is 34.3 Å². The minimum atomic E-state index is 0.468. The molecule has 0 radical (unpaired) electrons. The Kier molecular flexibility index (Phi) is 5.09. The van der Waals surface area contributed by atoms with Crippen molar-refractivity contribution in [2.75, 3.05) is 13.6 Å². The molecule has 0 aliphatic heterocycles. The maximum atomic E-state index is 6.05. The Morgan fingerprint density at radius 2 is 2.13 bits per heavy atom. The minimum Gasteiger partial charge on any atom is -0.318 e. The maximum Gasteiger partial charge on any atom is 0.0438 e. The van der Waals surface area contributed by atoms with Crippen molar-refractivity contribution < 1.29 is 0 Å². The lowest BCUT2D eigenvalue weighted by Crippen LogP contribution is -2.34. The molecule has 0 saturated heterocycles. The highest BCUT2D eigenvalue weighted by molar-refractivity contribution is 6.31. The summed E-state index contributed by atoms with van der Waals surface area (Å²) in [6.07, 6.45) is 0. The second kappa shape index (κ2) is 6.11. The lowest BCUT2D eigenvalue weighted by atomic mass is 10.1. The predicted molar refractivity (Wildman–Crippen MR) is 66.4 cm³/mol. The van der Waals surface area contributed by atoms with Crippen molar-refractivity contribution in [3.8, 4) is 0 Å². The zero-order chi connectivity index (χ0) is 11.3. The monoisotopic (exact) mass is 226 g/mol. The Morgan fingerprint density at radius 3 is 2.73 bits per heavy atom. The van der Waals surface area contributed by atoms with E-state index in [0.717, 1.165) is 23.7 Å². The molecule has 3 heteroatoms. The number of aryl methyl sites for hydroxylation is 1. The Labute approximate surface area is 97.0 Å². The van der Waals surface area contributed by atoms with Crippen molar-refractivity contribution in [1.82, 2.24) is 10.6 Å². The molecule has 0 fully saturated rings. The average Bonchev–Trinajstić information content (AvgIpc) is 2.20. The fourth-order valence-corrected chi connectivity index (χ4v) is 1.62. The van der Waals surface area contributed by atoms with Gasteiger partial charge in [-0.25, -0.2) is 0 Å². The van der Waals surface area contributed by atoms with Crippen LogP contribution in [-0.2, 0) is 6.54 Å². The van der Waals surface area contributed by atoms with Gasteiger partial charge >= 0.3 is 0 Å². The molecule has 1 rings (SSSR count). The van der Waals surface area contributed by atoms with Crippen molar-refractivity contribution in [2.45, 2.75) is 26.4 Å². The van der Waals surface area contributed by atoms with Gasteiger partial charge in [0.25, 0.3) is 0 Å². The molecule has 0 spiro atoms. The van der Waals surface area contributed by atoms with Gasteiger partial charge in [-0.05, 0) is 38.1 Å². The molecule has 1 atom stereocenters. The molecule has 0 saturated carbocycles. The van der Waals surface area contributed by atoms with Crippen LogP contribution >= 0.6 is 11.6 Å². The second-order valence-electron chi connectivity index (χ2n) is 3.92. The SMILES string of the molecule is CNCC(C)NCc1ccc(C)c(Cl)c1. The predicted octanol–water partition coefficient (Wildman–Crippen LogP) is 2.35. The van der Waals surface area contributed by atoms with Crippen LogP contribution in [0.15, 0.2) is 18.2 Å². The zero-order valence-electron chi connectivity index (χ0n) is 9.60. The van der Waals surface area contributed by atoms with Crippen LogP contribution < -0.4 is 10.6 Å². The third-order valence-corrected chi connectivity index (χ3v) is 2.81. The summed E-state index contributed by atoms with van der Waals surface area (Å²) in [7, 11) is 1.96. The number of likely N-dealkylation sites (N-methyl/N-ethyl adjacent to an activating group) is 1. The first kappa shape index (κ1) is 12.5. The molecule has 2 N–H and O–H groups in total. The standard InChI is InChI=1S/C12H19ClN2/c1-9-4-5-11(6-12(9)13)8-15-10(2)7-14-3/h4-6,10,14-15H,7-8H2,1-3H3. The third kappa shape index (κ3) is 4.20. The number of hydrogen-bond acceptors (Lipinski definition) is 2. The lowest BCUT2D eigenvalue weighted by Gasteiger charge is -2.13. The largest absolute Gasteiger partial charge is 0.318 e. The Balaban J connectivity index is 2.47. The first-order valence-corrected chi connectivity index (χ1v) is 5.64. The topological polar surface area (TPSA) is 24.1 Å². The smallest absolute Gasteiger partial charge is 0.0438 e. The average molecular weight is 227 g/mol. The van der Waals surface area contributed by atoms with Gasteiger partial charge in [-0.2, -0.15) is 0 Å². The van der Waals surface area contributed by atoms with Crippen LogP contribution in [0.4, 0.5) is 0 Å². The molecule has 15 heavy (non-hydrogen) atoms. The fourth-order valence-electron chi connectivity index (χ4n) is 1.42. The van der Waals surface area contributed by atoms with E-state index in [4.69, 9.17) is 11.6 Å². The van der Waals surface area contributed by atoms with Crippen LogP contribution in [0, 0.1) is 6.92 Å². The molecular weight excluding hydrogens is 208 g/mol. The molecule has 0 aliphatic carbocycles. The van der Waals surface area contributed by atoms with Crippen LogP contribution in [0.2, 0.25) is 5.02 Å². The van der Waals surface area contributed by atoms with E-state index in [1.807, 2.05) is 20.0 Å². The Bertz CT molecular complexity index is 312. The molecule has 0 heterocycles. The van der Waals surface area contributed by atoms with E-state index < -0.39 is 0 Å². The van der Waals surface area contributed by atoms with Gasteiger partial charge in [-0.3, -0.25) is 0 Å². The second-order valence-corrected chi connectivity index (χ2v) is 4.33. The number of nitrogens with one attached hydrogen (secondary N) is 2. The van der Waals surface area contributed by atoms with Crippen LogP contribution in [-0.4, -0.2) is 19.6 Å². The molecule has 0 bridgehead atoms. The normalized spacial score (nSPS) is 12.8. The molecular formula is C12H19ClN2. The highest BCUT2D eigenvalue weighted by Crippen LogP contribution is 2.16. The highest BCUT2D eigenvalue weighted by atomic mass is 35.5. The number of halogens is 1. The summed E-state index contributed by atoms with van der Waals surface area (Å²) in [4.78, 5) is 0. The van der Waals surface area contributed by atoms with Crippen LogP contribution in [0.25, 0.3) is 0 Å². The third-order valence-electron chi connectivity index (χ3n) is 2.40. The van der Waals surface area contributed by atoms with E-state index >= 15 is 0 Å². The first-order chi connectivity index (χ1) is 7.13. The fraction of sp³-hybridized carbons (Fsp3) is 0.500. The molecule has 0 aliphatic rings. The summed E-state index contributed by atoms with van der Waals surface area (Å²) in [5, 5.41) is 7.40. The maximum absolute atomic E-state index is 6.05. The Morgan fingerprint density at radius 1 is 1.40 bits per heavy atom. The van der Waals surface area contributed by atoms with E-state index in [0.29, 0.717) is 6.04 Å². The summed E-state index contributed by atoms with van der Waals surface area (Å²) in [5.41, 5.74) is 2.36. The molecule has 0 amide bonds. The van der Waals surface area contributed by atoms with E-state index in [-0.39, 0.29) is 0 Å². The van der Waals surface area contributed by atoms with E-state index in [1.54, 1.807) is 0 Å². The van der Waals surface area contributed by atoms with Crippen molar-refractivity contribution in [1.29, 1.82) is 0 Å². The molecule has 0 aromatic heterocycles. The molecule has 1 aromatic rings. The van der Waals surface area contributed by atoms with Gasteiger partial charge in [-0.1, -0.05) is 23.7 Å². The summed E-state index contributed by atoms with van der Waals surface area (Å²) in [6.45, 7) is 6.01. The first-order valence-electron chi connectivity index (χ1n) is 5.26. The zero-order valence-corrected chi connectivity index (χ0v) is 10.4. The van der Waals surface area contributed by atoms with Gasteiger partial charge in [0.05, 0.1) is 0 Å². The van der Waals surface area contributed by atoms with E-state index in [2.05, 4.69) is 29.7 Å². The summed E-state index contributed by atoms with van der Waals surface area (Å²) < 4.78 is 0. The van der Waals surface area contributed by atoms with Gasteiger partial charge in [0.2, 0.25) is 0 Å². The van der Waals surface area contributed by atoms with E-state index in [9.17, 15) is 0 Å². The number of benzene rings is 1. The van der Waals surface area contributed by atoms with Gasteiger partial charge in [0, 0.05) is 24.2 Å². The lowest BCUT2D eigenvalue weighted by molar-refractivity contribution is 0.523. The Hall–Kier alpha value is -0.570. The quantitative estimate of drug-likeness (QED) is 0.806.